The van der Waals surface area contributed by atoms with E-state index in [1.165, 1.54) is 6.08 Å². The largest absolute Gasteiger partial charge is 0.427 e. The molecule has 1 rings (SSSR count). The van der Waals surface area contributed by atoms with Gasteiger partial charge < -0.3 is 13.6 Å². The highest BCUT2D eigenvalue weighted by Gasteiger charge is 2.19. The molecule has 1 fully saturated rings. The second-order valence-corrected chi connectivity index (χ2v) is 2.80. The standard InChI is InChI=1S/C6H9O3P/c1-3-6(2)9-10-7-4-5-8-10/h3H,1-2,4-5H2. The lowest BCUT2D eigenvalue weighted by Crippen LogP contribution is -1.80. The van der Waals surface area contributed by atoms with Crippen molar-refractivity contribution < 1.29 is 13.6 Å². The summed E-state index contributed by atoms with van der Waals surface area (Å²) in [4.78, 5) is 0. The molecule has 0 N–H and O–H groups in total. The lowest BCUT2D eigenvalue weighted by Gasteiger charge is -2.07. The van der Waals surface area contributed by atoms with Gasteiger partial charge in [0.25, 0.3) is 0 Å². The van der Waals surface area contributed by atoms with E-state index in [1.54, 1.807) is 0 Å². The summed E-state index contributed by atoms with van der Waals surface area (Å²) < 4.78 is 15.1. The highest BCUT2D eigenvalue weighted by atomic mass is 31.2. The van der Waals surface area contributed by atoms with E-state index in [2.05, 4.69) is 13.2 Å². The first-order chi connectivity index (χ1) is 4.83. The van der Waals surface area contributed by atoms with Gasteiger partial charge in [-0.1, -0.05) is 13.2 Å². The van der Waals surface area contributed by atoms with E-state index >= 15 is 0 Å². The van der Waals surface area contributed by atoms with Crippen LogP contribution in [0.25, 0.3) is 0 Å². The quantitative estimate of drug-likeness (QED) is 0.359. The molecule has 56 valence electrons. The predicted octanol–water partition coefficient (Wildman–Crippen LogP) is 1.98. The van der Waals surface area contributed by atoms with Crippen molar-refractivity contribution in [1.82, 2.24) is 0 Å². The van der Waals surface area contributed by atoms with Crippen LogP contribution in [0.2, 0.25) is 0 Å². The van der Waals surface area contributed by atoms with Gasteiger partial charge in [-0.25, -0.2) is 0 Å². The maximum atomic E-state index is 5.07. The summed E-state index contributed by atoms with van der Waals surface area (Å²) in [6.45, 7) is 8.24. The molecule has 0 radical (unpaired) electrons. The Kier molecular flexibility index (Phi) is 2.87. The van der Waals surface area contributed by atoms with Crippen molar-refractivity contribution in [3.8, 4) is 0 Å². The van der Waals surface area contributed by atoms with Gasteiger partial charge in [-0.3, -0.25) is 0 Å². The molecule has 10 heavy (non-hydrogen) atoms. The molecule has 0 unspecified atom stereocenters. The average molecular weight is 160 g/mol. The summed E-state index contributed by atoms with van der Waals surface area (Å²) in [5, 5.41) is 0. The Morgan fingerprint density at radius 1 is 1.50 bits per heavy atom. The van der Waals surface area contributed by atoms with E-state index < -0.39 is 8.60 Å². The van der Waals surface area contributed by atoms with Gasteiger partial charge in [0.05, 0.1) is 13.2 Å². The highest BCUT2D eigenvalue weighted by molar-refractivity contribution is 7.42. The Balaban J connectivity index is 2.23. The molecule has 1 aliphatic heterocycles. The van der Waals surface area contributed by atoms with E-state index in [1.807, 2.05) is 0 Å². The van der Waals surface area contributed by atoms with Gasteiger partial charge in [-0.2, -0.15) is 0 Å². The van der Waals surface area contributed by atoms with Gasteiger partial charge in [0.2, 0.25) is 0 Å². The maximum absolute atomic E-state index is 5.07. The summed E-state index contributed by atoms with van der Waals surface area (Å²) in [5.74, 6) is 0.494. The molecule has 0 aromatic carbocycles. The third-order valence-electron chi connectivity index (χ3n) is 0.896. The van der Waals surface area contributed by atoms with Gasteiger partial charge in [0, 0.05) is 0 Å². The second kappa shape index (κ2) is 3.71. The Bertz CT molecular complexity index is 140. The van der Waals surface area contributed by atoms with Crippen molar-refractivity contribution in [1.29, 1.82) is 0 Å². The van der Waals surface area contributed by atoms with Crippen LogP contribution in [0.1, 0.15) is 0 Å². The molecule has 0 aliphatic carbocycles. The molecule has 3 nitrogen and oxygen atoms in total. The zero-order valence-electron chi connectivity index (χ0n) is 5.58. The summed E-state index contributed by atoms with van der Waals surface area (Å²) in [7, 11) is -1.16. The van der Waals surface area contributed by atoms with Gasteiger partial charge in [-0.05, 0) is 6.08 Å². The van der Waals surface area contributed by atoms with Gasteiger partial charge in [0.1, 0.15) is 5.76 Å². The van der Waals surface area contributed by atoms with Crippen LogP contribution in [0.4, 0.5) is 0 Å². The monoisotopic (exact) mass is 160 g/mol. The van der Waals surface area contributed by atoms with E-state index in [9.17, 15) is 0 Å². The lowest BCUT2D eigenvalue weighted by atomic mass is 10.6. The van der Waals surface area contributed by atoms with Crippen LogP contribution < -0.4 is 0 Å². The third kappa shape index (κ3) is 2.10. The summed E-state index contributed by atoms with van der Waals surface area (Å²) in [6.07, 6.45) is 1.52. The number of hydrogen-bond donors (Lipinski definition) is 0. The zero-order valence-corrected chi connectivity index (χ0v) is 6.47. The van der Waals surface area contributed by atoms with Crippen LogP contribution in [-0.2, 0) is 13.6 Å². The molecular weight excluding hydrogens is 151 g/mol. The molecule has 0 bridgehead atoms. The molecular formula is C6H9O3P. The zero-order chi connectivity index (χ0) is 7.40. The molecule has 1 aliphatic rings. The Hall–Kier alpha value is -0.370. The minimum absolute atomic E-state index is 0.494. The molecule has 1 saturated heterocycles. The van der Waals surface area contributed by atoms with Crippen LogP contribution in [-0.4, -0.2) is 13.2 Å². The van der Waals surface area contributed by atoms with Crippen molar-refractivity contribution in [2.45, 2.75) is 0 Å². The molecule has 0 spiro atoms. The molecule has 0 amide bonds. The summed E-state index contributed by atoms with van der Waals surface area (Å²) in [5.41, 5.74) is 0. The van der Waals surface area contributed by atoms with E-state index in [4.69, 9.17) is 13.6 Å². The van der Waals surface area contributed by atoms with E-state index in [-0.39, 0.29) is 0 Å². The highest BCUT2D eigenvalue weighted by Crippen LogP contribution is 2.45. The Labute approximate surface area is 61.3 Å². The molecule has 0 atom stereocenters. The fourth-order valence-corrected chi connectivity index (χ4v) is 1.34. The van der Waals surface area contributed by atoms with Crippen molar-refractivity contribution in [3.63, 3.8) is 0 Å². The first-order valence-corrected chi connectivity index (χ1v) is 3.98. The number of allylic oxidation sites excluding steroid dienone is 1. The van der Waals surface area contributed by atoms with Crippen LogP contribution >= 0.6 is 8.60 Å². The van der Waals surface area contributed by atoms with Crippen molar-refractivity contribution in [3.05, 3.63) is 25.0 Å². The lowest BCUT2D eigenvalue weighted by molar-refractivity contribution is 0.313. The van der Waals surface area contributed by atoms with Gasteiger partial charge in [-0.15, -0.1) is 0 Å². The van der Waals surface area contributed by atoms with Gasteiger partial charge in [0.15, 0.2) is 0 Å². The van der Waals surface area contributed by atoms with Crippen LogP contribution in [0.5, 0.6) is 0 Å². The topological polar surface area (TPSA) is 27.7 Å². The molecule has 1 heterocycles. The number of rotatable bonds is 3. The van der Waals surface area contributed by atoms with Crippen LogP contribution in [0.3, 0.4) is 0 Å². The normalized spacial score (nSPS) is 18.8. The molecule has 0 saturated carbocycles. The summed E-state index contributed by atoms with van der Waals surface area (Å²) >= 11 is 0. The second-order valence-electron chi connectivity index (χ2n) is 1.65. The number of hydrogen-bond acceptors (Lipinski definition) is 3. The van der Waals surface area contributed by atoms with Crippen molar-refractivity contribution in [2.75, 3.05) is 13.2 Å². The first kappa shape index (κ1) is 7.73. The fraction of sp³-hybridized carbons (Fsp3) is 0.333. The molecule has 0 aromatic rings. The summed E-state index contributed by atoms with van der Waals surface area (Å²) in [6, 6.07) is 0. The minimum Gasteiger partial charge on any atom is -0.427 e. The third-order valence-corrected chi connectivity index (χ3v) is 2.07. The average Bonchev–Trinajstić information content (AvgIpc) is 2.40. The van der Waals surface area contributed by atoms with Crippen molar-refractivity contribution in [2.24, 2.45) is 0 Å². The molecule has 4 heteroatoms. The first-order valence-electron chi connectivity index (χ1n) is 2.88. The minimum atomic E-state index is -1.16. The smallest absolute Gasteiger partial charge is 0.397 e. The fourth-order valence-electron chi connectivity index (χ4n) is 0.447. The molecule has 0 aromatic heterocycles. The maximum Gasteiger partial charge on any atom is 0.397 e. The van der Waals surface area contributed by atoms with Crippen LogP contribution in [0, 0.1) is 0 Å². The van der Waals surface area contributed by atoms with Crippen molar-refractivity contribution >= 4 is 8.60 Å². The van der Waals surface area contributed by atoms with Gasteiger partial charge >= 0.3 is 8.60 Å². The van der Waals surface area contributed by atoms with E-state index in [0.717, 1.165) is 0 Å². The predicted molar refractivity (Wildman–Crippen MR) is 39.2 cm³/mol. The van der Waals surface area contributed by atoms with E-state index in [0.29, 0.717) is 19.0 Å². The van der Waals surface area contributed by atoms with Crippen LogP contribution in [0.15, 0.2) is 25.0 Å². The Morgan fingerprint density at radius 2 is 2.10 bits per heavy atom. The Morgan fingerprint density at radius 3 is 2.60 bits per heavy atom. The SMILES string of the molecule is C=CC(=C)OP1OCCO1.